The molecule has 1 atom stereocenters. The Bertz CT molecular complexity index is 699. The van der Waals surface area contributed by atoms with Gasteiger partial charge < -0.3 is 15.2 Å². The SMILES string of the molecule is COc1cccc(CCC(=O)N[C@H](c2ccccn2)C2CC(O)C2)c1. The van der Waals surface area contributed by atoms with Crippen molar-refractivity contribution in [3.05, 3.63) is 59.9 Å². The minimum Gasteiger partial charge on any atom is -0.497 e. The lowest BCUT2D eigenvalue weighted by Crippen LogP contribution is -2.41. The molecule has 132 valence electrons. The molecular weight excluding hydrogens is 316 g/mol. The number of carbonyl (C=O) groups is 1. The molecule has 1 aliphatic rings. The van der Waals surface area contributed by atoms with Crippen molar-refractivity contribution >= 4 is 5.91 Å². The summed E-state index contributed by atoms with van der Waals surface area (Å²) in [4.78, 5) is 16.8. The van der Waals surface area contributed by atoms with Crippen LogP contribution in [0, 0.1) is 5.92 Å². The van der Waals surface area contributed by atoms with Crippen LogP contribution in [0.3, 0.4) is 0 Å². The van der Waals surface area contributed by atoms with Crippen LogP contribution in [0.4, 0.5) is 0 Å². The van der Waals surface area contributed by atoms with Crippen LogP contribution in [-0.2, 0) is 11.2 Å². The topological polar surface area (TPSA) is 71.5 Å². The second-order valence-electron chi connectivity index (χ2n) is 6.54. The molecule has 1 aromatic carbocycles. The van der Waals surface area contributed by atoms with Gasteiger partial charge in [-0.2, -0.15) is 0 Å². The van der Waals surface area contributed by atoms with Gasteiger partial charge in [0.1, 0.15) is 5.75 Å². The molecule has 2 aromatic rings. The Hall–Kier alpha value is -2.40. The second-order valence-corrected chi connectivity index (χ2v) is 6.54. The maximum Gasteiger partial charge on any atom is 0.220 e. The van der Waals surface area contributed by atoms with Crippen molar-refractivity contribution in [1.29, 1.82) is 0 Å². The fourth-order valence-corrected chi connectivity index (χ4v) is 3.23. The zero-order chi connectivity index (χ0) is 17.6. The average molecular weight is 340 g/mol. The number of methoxy groups -OCH3 is 1. The van der Waals surface area contributed by atoms with Crippen LogP contribution < -0.4 is 10.1 Å². The number of aliphatic hydroxyl groups is 1. The van der Waals surface area contributed by atoms with Crippen LogP contribution >= 0.6 is 0 Å². The van der Waals surface area contributed by atoms with Crippen molar-refractivity contribution in [2.75, 3.05) is 7.11 Å². The Morgan fingerprint density at radius 3 is 2.84 bits per heavy atom. The molecule has 0 unspecified atom stereocenters. The number of aryl methyl sites for hydroxylation is 1. The quantitative estimate of drug-likeness (QED) is 0.813. The number of amides is 1. The number of hydrogen-bond acceptors (Lipinski definition) is 4. The van der Waals surface area contributed by atoms with E-state index in [9.17, 15) is 9.90 Å². The number of hydrogen-bond donors (Lipinski definition) is 2. The number of aliphatic hydroxyl groups excluding tert-OH is 1. The van der Waals surface area contributed by atoms with Crippen LogP contribution in [0.5, 0.6) is 5.75 Å². The zero-order valence-corrected chi connectivity index (χ0v) is 14.4. The monoisotopic (exact) mass is 340 g/mol. The molecule has 0 aliphatic heterocycles. The first-order chi connectivity index (χ1) is 12.2. The van der Waals surface area contributed by atoms with E-state index in [1.165, 1.54) is 0 Å². The van der Waals surface area contributed by atoms with Crippen molar-refractivity contribution < 1.29 is 14.6 Å². The molecule has 25 heavy (non-hydrogen) atoms. The standard InChI is InChI=1S/C20H24N2O3/c1-25-17-6-4-5-14(11-17)8-9-19(24)22-20(15-12-16(23)13-15)18-7-2-3-10-21-18/h2-7,10-11,15-16,20,23H,8-9,12-13H2,1H3,(H,22,24)/t15?,16?,20-/m0/s1. The lowest BCUT2D eigenvalue weighted by molar-refractivity contribution is -0.123. The summed E-state index contributed by atoms with van der Waals surface area (Å²) in [7, 11) is 1.64. The summed E-state index contributed by atoms with van der Waals surface area (Å²) >= 11 is 0. The maximum atomic E-state index is 12.4. The molecular formula is C20H24N2O3. The number of ether oxygens (including phenoxy) is 1. The highest BCUT2D eigenvalue weighted by Crippen LogP contribution is 2.37. The van der Waals surface area contributed by atoms with Crippen LogP contribution in [0.25, 0.3) is 0 Å². The van der Waals surface area contributed by atoms with Gasteiger partial charge in [0.2, 0.25) is 5.91 Å². The smallest absolute Gasteiger partial charge is 0.220 e. The number of pyridine rings is 1. The molecule has 1 aromatic heterocycles. The number of rotatable bonds is 7. The fraction of sp³-hybridized carbons (Fsp3) is 0.400. The largest absolute Gasteiger partial charge is 0.497 e. The van der Waals surface area contributed by atoms with Gasteiger partial charge in [-0.3, -0.25) is 9.78 Å². The van der Waals surface area contributed by atoms with Gasteiger partial charge in [0.25, 0.3) is 0 Å². The molecule has 5 heteroatoms. The Morgan fingerprint density at radius 2 is 2.16 bits per heavy atom. The van der Waals surface area contributed by atoms with E-state index in [4.69, 9.17) is 4.74 Å². The molecule has 1 saturated carbocycles. The van der Waals surface area contributed by atoms with Crippen molar-refractivity contribution in [3.63, 3.8) is 0 Å². The number of carbonyl (C=O) groups excluding carboxylic acids is 1. The molecule has 5 nitrogen and oxygen atoms in total. The lowest BCUT2D eigenvalue weighted by Gasteiger charge is -2.37. The van der Waals surface area contributed by atoms with E-state index in [1.807, 2.05) is 42.5 Å². The van der Waals surface area contributed by atoms with Crippen LogP contribution in [0.2, 0.25) is 0 Å². The molecule has 0 radical (unpaired) electrons. The van der Waals surface area contributed by atoms with Gasteiger partial charge in [-0.05, 0) is 55.0 Å². The summed E-state index contributed by atoms with van der Waals surface area (Å²) < 4.78 is 5.22. The van der Waals surface area contributed by atoms with E-state index >= 15 is 0 Å². The molecule has 1 aliphatic carbocycles. The molecule has 1 heterocycles. The predicted octanol–water partition coefficient (Wildman–Crippen LogP) is 2.65. The Kier molecular flexibility index (Phi) is 5.66. The molecule has 0 bridgehead atoms. The number of benzene rings is 1. The van der Waals surface area contributed by atoms with Gasteiger partial charge in [0.15, 0.2) is 0 Å². The van der Waals surface area contributed by atoms with Crippen LogP contribution in [0.1, 0.15) is 36.6 Å². The highest BCUT2D eigenvalue weighted by Gasteiger charge is 2.36. The first-order valence-electron chi connectivity index (χ1n) is 8.67. The third-order valence-electron chi connectivity index (χ3n) is 4.72. The van der Waals surface area contributed by atoms with Gasteiger partial charge in [0.05, 0.1) is 24.9 Å². The average Bonchev–Trinajstić information content (AvgIpc) is 2.63. The van der Waals surface area contributed by atoms with E-state index < -0.39 is 0 Å². The molecule has 3 rings (SSSR count). The van der Waals surface area contributed by atoms with Gasteiger partial charge in [-0.1, -0.05) is 18.2 Å². The van der Waals surface area contributed by atoms with Crippen molar-refractivity contribution in [2.24, 2.45) is 5.92 Å². The van der Waals surface area contributed by atoms with Gasteiger partial charge in [-0.25, -0.2) is 0 Å². The summed E-state index contributed by atoms with van der Waals surface area (Å²) in [5.41, 5.74) is 1.93. The summed E-state index contributed by atoms with van der Waals surface area (Å²) in [5.74, 6) is 1.04. The molecule has 2 N–H and O–H groups in total. The van der Waals surface area contributed by atoms with Crippen LogP contribution in [-0.4, -0.2) is 29.2 Å². The summed E-state index contributed by atoms with van der Waals surface area (Å²) in [6, 6.07) is 13.3. The first-order valence-corrected chi connectivity index (χ1v) is 8.67. The Balaban J connectivity index is 1.60. The number of aromatic nitrogens is 1. The number of nitrogens with zero attached hydrogens (tertiary/aromatic N) is 1. The highest BCUT2D eigenvalue weighted by atomic mass is 16.5. The minimum absolute atomic E-state index is 0.000127. The van der Waals surface area contributed by atoms with Gasteiger partial charge >= 0.3 is 0 Å². The Morgan fingerprint density at radius 1 is 1.32 bits per heavy atom. The second kappa shape index (κ2) is 8.12. The normalized spacial score (nSPS) is 20.4. The lowest BCUT2D eigenvalue weighted by atomic mass is 9.76. The Labute approximate surface area is 148 Å². The maximum absolute atomic E-state index is 12.4. The third-order valence-corrected chi connectivity index (χ3v) is 4.72. The predicted molar refractivity (Wildman–Crippen MR) is 95.2 cm³/mol. The van der Waals surface area contributed by atoms with Crippen molar-refractivity contribution in [3.8, 4) is 5.75 Å². The molecule has 1 amide bonds. The van der Waals surface area contributed by atoms with E-state index in [-0.39, 0.29) is 24.0 Å². The third kappa shape index (κ3) is 4.57. The summed E-state index contributed by atoms with van der Waals surface area (Å²) in [6.45, 7) is 0. The van der Waals surface area contributed by atoms with Crippen molar-refractivity contribution in [1.82, 2.24) is 10.3 Å². The van der Waals surface area contributed by atoms with Crippen LogP contribution in [0.15, 0.2) is 48.7 Å². The zero-order valence-electron chi connectivity index (χ0n) is 14.4. The van der Waals surface area contributed by atoms with Gasteiger partial charge in [0, 0.05) is 12.6 Å². The van der Waals surface area contributed by atoms with Crippen molar-refractivity contribution in [2.45, 2.75) is 37.8 Å². The summed E-state index contributed by atoms with van der Waals surface area (Å²) in [6.07, 6.45) is 3.95. The van der Waals surface area contributed by atoms with E-state index in [1.54, 1.807) is 13.3 Å². The molecule has 1 fully saturated rings. The van der Waals surface area contributed by atoms with E-state index in [2.05, 4.69) is 10.3 Å². The molecule has 0 saturated heterocycles. The minimum atomic E-state index is -0.259. The number of nitrogens with one attached hydrogen (secondary N) is 1. The molecule has 0 spiro atoms. The van der Waals surface area contributed by atoms with Gasteiger partial charge in [-0.15, -0.1) is 0 Å². The summed E-state index contributed by atoms with van der Waals surface area (Å²) in [5, 5.41) is 12.7. The van der Waals surface area contributed by atoms with E-state index in [0.29, 0.717) is 25.7 Å². The highest BCUT2D eigenvalue weighted by molar-refractivity contribution is 5.76. The van der Waals surface area contributed by atoms with E-state index in [0.717, 1.165) is 17.0 Å². The fourth-order valence-electron chi connectivity index (χ4n) is 3.23. The first kappa shape index (κ1) is 17.4.